The van der Waals surface area contributed by atoms with E-state index in [1.807, 2.05) is 0 Å². The molecule has 0 aliphatic carbocycles. The molecular weight excluding hydrogens is 146 g/mol. The summed E-state index contributed by atoms with van der Waals surface area (Å²) in [6, 6.07) is 1.41. The summed E-state index contributed by atoms with van der Waals surface area (Å²) in [4.78, 5) is 19.8. The van der Waals surface area contributed by atoms with Crippen LogP contribution in [0, 0.1) is 0 Å². The molecule has 0 unspecified atom stereocenters. The second-order valence-corrected chi connectivity index (χ2v) is 1.58. The lowest BCUT2D eigenvalue weighted by Crippen LogP contribution is -1.89. The van der Waals surface area contributed by atoms with Gasteiger partial charge in [0.2, 0.25) is 0 Å². The quantitative estimate of drug-likeness (QED) is 0.274. The van der Waals surface area contributed by atoms with Gasteiger partial charge in [-0.05, 0) is 16.7 Å². The average molecular weight is 149 g/mol. The van der Waals surface area contributed by atoms with Crippen LogP contribution in [0.2, 0.25) is 0 Å². The molecule has 11 heavy (non-hydrogen) atoms. The fourth-order valence-electron chi connectivity index (χ4n) is 0.522. The average Bonchev–Trinajstić information content (AvgIpc) is 2.06. The Morgan fingerprint density at radius 2 is 2.55 bits per heavy atom. The van der Waals surface area contributed by atoms with Crippen LogP contribution in [-0.2, 0) is 0 Å². The van der Waals surface area contributed by atoms with Crippen LogP contribution in [0.5, 0.6) is 0 Å². The van der Waals surface area contributed by atoms with Crippen LogP contribution in [0.3, 0.4) is 0 Å². The maximum Gasteiger partial charge on any atom is 0.193 e. The van der Waals surface area contributed by atoms with Crippen LogP contribution in [0.4, 0.5) is 5.82 Å². The number of hydrogen-bond acceptors (Lipinski definition) is 4. The van der Waals surface area contributed by atoms with Crippen LogP contribution in [0.25, 0.3) is 10.4 Å². The molecule has 6 nitrogen and oxygen atoms in total. The Hall–Kier alpha value is -1.94. The normalized spacial score (nSPS) is 8.36. The van der Waals surface area contributed by atoms with Crippen LogP contribution in [0.1, 0.15) is 10.6 Å². The Bertz CT molecular complexity index is 316. The minimum atomic E-state index is 0.00917. The van der Waals surface area contributed by atoms with Crippen molar-refractivity contribution in [3.8, 4) is 0 Å². The standard InChI is InChI=1S/C5H3N5O/c6-10-9-4-1-2-7-5(3-11)8-4/h1-3H. The molecule has 1 aromatic heterocycles. The van der Waals surface area contributed by atoms with Crippen molar-refractivity contribution in [1.29, 1.82) is 0 Å². The maximum absolute atomic E-state index is 10.1. The van der Waals surface area contributed by atoms with E-state index in [9.17, 15) is 4.79 Å². The van der Waals surface area contributed by atoms with Gasteiger partial charge in [-0.3, -0.25) is 4.79 Å². The van der Waals surface area contributed by atoms with E-state index in [0.717, 1.165) is 0 Å². The largest absolute Gasteiger partial charge is 0.294 e. The molecule has 0 amide bonds. The van der Waals surface area contributed by atoms with Gasteiger partial charge in [-0.1, -0.05) is 0 Å². The van der Waals surface area contributed by atoms with E-state index >= 15 is 0 Å². The highest BCUT2D eigenvalue weighted by Crippen LogP contribution is 2.04. The molecule has 1 heterocycles. The summed E-state index contributed by atoms with van der Waals surface area (Å²) in [5.74, 6) is 0.152. The number of nitrogens with zero attached hydrogens (tertiary/aromatic N) is 5. The highest BCUT2D eigenvalue weighted by atomic mass is 16.1. The summed E-state index contributed by atoms with van der Waals surface area (Å²) in [5.41, 5.74) is 7.99. The molecule has 0 aliphatic heterocycles. The number of aromatic nitrogens is 2. The van der Waals surface area contributed by atoms with Gasteiger partial charge in [-0.15, -0.1) is 0 Å². The maximum atomic E-state index is 10.1. The number of azide groups is 1. The molecule has 0 bridgehead atoms. The Morgan fingerprint density at radius 3 is 3.18 bits per heavy atom. The van der Waals surface area contributed by atoms with Gasteiger partial charge in [-0.25, -0.2) is 9.97 Å². The van der Waals surface area contributed by atoms with Crippen molar-refractivity contribution in [2.75, 3.05) is 0 Å². The molecule has 1 aromatic rings. The monoisotopic (exact) mass is 149 g/mol. The SMILES string of the molecule is [N-]=[N+]=Nc1ccnc(C=O)n1. The zero-order valence-corrected chi connectivity index (χ0v) is 5.38. The molecule has 0 aromatic carbocycles. The zero-order valence-electron chi connectivity index (χ0n) is 5.38. The summed E-state index contributed by atoms with van der Waals surface area (Å²) >= 11 is 0. The van der Waals surface area contributed by atoms with Crippen molar-refractivity contribution in [2.24, 2.45) is 5.11 Å². The molecule has 0 atom stereocenters. The first-order valence-corrected chi connectivity index (χ1v) is 2.70. The summed E-state index contributed by atoms with van der Waals surface area (Å²) in [6.45, 7) is 0. The van der Waals surface area contributed by atoms with Gasteiger partial charge in [0.05, 0.1) is 0 Å². The lowest BCUT2D eigenvalue weighted by molar-refractivity contribution is 0.111. The van der Waals surface area contributed by atoms with E-state index in [2.05, 4.69) is 20.0 Å². The van der Waals surface area contributed by atoms with Gasteiger partial charge in [0.25, 0.3) is 0 Å². The number of carbonyl (C=O) groups is 1. The third-order valence-corrected chi connectivity index (χ3v) is 0.912. The molecule has 0 saturated heterocycles. The molecule has 0 radical (unpaired) electrons. The van der Waals surface area contributed by atoms with Crippen molar-refractivity contribution in [1.82, 2.24) is 9.97 Å². The first kappa shape index (κ1) is 7.17. The predicted octanol–water partition coefficient (Wildman–Crippen LogP) is 1.23. The topological polar surface area (TPSA) is 91.6 Å². The lowest BCUT2D eigenvalue weighted by atomic mass is 10.5. The van der Waals surface area contributed by atoms with Crippen molar-refractivity contribution in [2.45, 2.75) is 0 Å². The van der Waals surface area contributed by atoms with E-state index in [-0.39, 0.29) is 11.6 Å². The molecule has 0 saturated carbocycles. The van der Waals surface area contributed by atoms with Gasteiger partial charge in [0.1, 0.15) is 5.82 Å². The molecule has 6 heteroatoms. The van der Waals surface area contributed by atoms with Crippen LogP contribution < -0.4 is 0 Å². The Kier molecular flexibility index (Phi) is 2.14. The second kappa shape index (κ2) is 3.28. The molecule has 0 spiro atoms. The number of carbonyl (C=O) groups excluding carboxylic acids is 1. The number of hydrogen-bond donors (Lipinski definition) is 0. The number of rotatable bonds is 2. The lowest BCUT2D eigenvalue weighted by Gasteiger charge is -1.88. The highest BCUT2D eigenvalue weighted by Gasteiger charge is 1.92. The van der Waals surface area contributed by atoms with Gasteiger partial charge >= 0.3 is 0 Å². The second-order valence-electron chi connectivity index (χ2n) is 1.58. The zero-order chi connectivity index (χ0) is 8.10. The Balaban J connectivity index is 3.09. The van der Waals surface area contributed by atoms with Crippen LogP contribution in [-0.4, -0.2) is 16.3 Å². The van der Waals surface area contributed by atoms with Gasteiger partial charge < -0.3 is 0 Å². The summed E-state index contributed by atoms with van der Waals surface area (Å²) in [6.07, 6.45) is 1.83. The van der Waals surface area contributed by atoms with Crippen LogP contribution >= 0.6 is 0 Å². The first-order chi connectivity index (χ1) is 5.36. The minimum Gasteiger partial charge on any atom is -0.294 e. The third kappa shape index (κ3) is 1.74. The Labute approximate surface area is 61.5 Å². The summed E-state index contributed by atoms with van der Waals surface area (Å²) in [5, 5.41) is 3.19. The van der Waals surface area contributed by atoms with Crippen molar-refractivity contribution in [3.63, 3.8) is 0 Å². The smallest absolute Gasteiger partial charge is 0.193 e. The fraction of sp³-hybridized carbons (Fsp3) is 0. The number of aldehydes is 1. The van der Waals surface area contributed by atoms with E-state index in [0.29, 0.717) is 6.29 Å². The summed E-state index contributed by atoms with van der Waals surface area (Å²) < 4.78 is 0. The minimum absolute atomic E-state index is 0.00917. The van der Waals surface area contributed by atoms with E-state index in [1.165, 1.54) is 12.3 Å². The predicted molar refractivity (Wildman–Crippen MR) is 36.2 cm³/mol. The van der Waals surface area contributed by atoms with Crippen molar-refractivity contribution in [3.05, 3.63) is 28.5 Å². The van der Waals surface area contributed by atoms with Crippen molar-refractivity contribution >= 4 is 12.1 Å². The molecule has 0 aliphatic rings. The molecular formula is C5H3N5O. The molecule has 54 valence electrons. The Morgan fingerprint density at radius 1 is 1.73 bits per heavy atom. The van der Waals surface area contributed by atoms with Gasteiger partial charge in [0, 0.05) is 11.1 Å². The van der Waals surface area contributed by atoms with E-state index < -0.39 is 0 Å². The van der Waals surface area contributed by atoms with E-state index in [1.54, 1.807) is 0 Å². The first-order valence-electron chi connectivity index (χ1n) is 2.70. The third-order valence-electron chi connectivity index (χ3n) is 0.912. The highest BCUT2D eigenvalue weighted by molar-refractivity contribution is 5.69. The molecule has 0 fully saturated rings. The van der Waals surface area contributed by atoms with Gasteiger partial charge in [-0.2, -0.15) is 0 Å². The molecule has 1 rings (SSSR count). The van der Waals surface area contributed by atoms with Gasteiger partial charge in [0.15, 0.2) is 12.1 Å². The molecule has 0 N–H and O–H groups in total. The van der Waals surface area contributed by atoms with Crippen LogP contribution in [0.15, 0.2) is 17.4 Å². The summed E-state index contributed by atoms with van der Waals surface area (Å²) in [7, 11) is 0. The van der Waals surface area contributed by atoms with E-state index in [4.69, 9.17) is 5.53 Å². The van der Waals surface area contributed by atoms with Crippen molar-refractivity contribution < 1.29 is 4.79 Å². The fourth-order valence-corrected chi connectivity index (χ4v) is 0.522.